The third-order valence-corrected chi connectivity index (χ3v) is 4.69. The average Bonchev–Trinajstić information content (AvgIpc) is 3.30. The molecule has 0 unspecified atom stereocenters. The van der Waals surface area contributed by atoms with Gasteiger partial charge in [0.1, 0.15) is 22.8 Å². The Morgan fingerprint density at radius 3 is 2.56 bits per heavy atom. The van der Waals surface area contributed by atoms with E-state index in [2.05, 4.69) is 20.6 Å². The first-order chi connectivity index (χ1) is 13.2. The van der Waals surface area contributed by atoms with E-state index in [9.17, 15) is 4.79 Å². The van der Waals surface area contributed by atoms with E-state index in [1.54, 1.807) is 42.2 Å². The molecule has 4 aromatic rings. The molecule has 0 saturated carbocycles. The molecule has 2 aromatic carbocycles. The van der Waals surface area contributed by atoms with Crippen LogP contribution in [0.15, 0.2) is 54.9 Å². The van der Waals surface area contributed by atoms with Gasteiger partial charge in [-0.05, 0) is 48.5 Å². The molecule has 1 N–H and O–H groups in total. The van der Waals surface area contributed by atoms with E-state index in [1.165, 1.54) is 11.3 Å². The number of carbonyl (C=O) groups excluding carboxylic acids is 1. The molecule has 27 heavy (non-hydrogen) atoms. The molecule has 0 fully saturated rings. The maximum atomic E-state index is 12.1. The lowest BCUT2D eigenvalue weighted by atomic mass is 10.2. The Morgan fingerprint density at radius 1 is 1.11 bits per heavy atom. The smallest absolute Gasteiger partial charge is 0.262 e. The Kier molecular flexibility index (Phi) is 4.67. The Hall–Kier alpha value is -3.46. The van der Waals surface area contributed by atoms with Crippen molar-refractivity contribution in [3.8, 4) is 22.1 Å². The summed E-state index contributed by atoms with van der Waals surface area (Å²) in [5.74, 6) is 1.10. The van der Waals surface area contributed by atoms with E-state index in [-0.39, 0.29) is 12.5 Å². The number of methoxy groups -OCH3 is 1. The molecule has 2 heterocycles. The number of nitrogens with one attached hydrogen (secondary N) is 1. The molecular weight excluding hydrogens is 366 g/mol. The Balaban J connectivity index is 1.34. The summed E-state index contributed by atoms with van der Waals surface area (Å²) in [5.41, 5.74) is 1.63. The molecule has 0 atom stereocenters. The molecule has 2 aromatic heterocycles. The van der Waals surface area contributed by atoms with E-state index >= 15 is 0 Å². The number of carbonyl (C=O) groups is 1. The SMILES string of the molecule is COc1ccc(OCC(=O)Nc2ccc(-c3nn4cnnc4s3)cc2)cc1. The highest BCUT2D eigenvalue weighted by Gasteiger charge is 2.09. The third-order valence-electron chi connectivity index (χ3n) is 3.73. The summed E-state index contributed by atoms with van der Waals surface area (Å²) in [6.45, 7) is -0.0786. The zero-order valence-corrected chi connectivity index (χ0v) is 15.1. The van der Waals surface area contributed by atoms with Gasteiger partial charge in [0.25, 0.3) is 5.91 Å². The van der Waals surface area contributed by atoms with E-state index < -0.39 is 0 Å². The minimum atomic E-state index is -0.239. The number of rotatable bonds is 6. The molecule has 4 rings (SSSR count). The van der Waals surface area contributed by atoms with E-state index in [0.717, 1.165) is 21.3 Å². The first-order valence-electron chi connectivity index (χ1n) is 8.05. The molecule has 0 aliphatic rings. The summed E-state index contributed by atoms with van der Waals surface area (Å²) in [6.07, 6.45) is 1.56. The fourth-order valence-corrected chi connectivity index (χ4v) is 3.22. The van der Waals surface area contributed by atoms with Crippen LogP contribution in [0.1, 0.15) is 0 Å². The number of hydrogen-bond acceptors (Lipinski definition) is 7. The Labute approximate surface area is 158 Å². The van der Waals surface area contributed by atoms with Gasteiger partial charge in [-0.3, -0.25) is 4.79 Å². The van der Waals surface area contributed by atoms with Crippen LogP contribution in [-0.2, 0) is 4.79 Å². The summed E-state index contributed by atoms with van der Waals surface area (Å²) in [7, 11) is 1.60. The van der Waals surface area contributed by atoms with Crippen LogP contribution < -0.4 is 14.8 Å². The lowest BCUT2D eigenvalue weighted by Gasteiger charge is -2.08. The van der Waals surface area contributed by atoms with Crippen molar-refractivity contribution in [2.75, 3.05) is 19.0 Å². The van der Waals surface area contributed by atoms with Crippen molar-refractivity contribution < 1.29 is 14.3 Å². The fourth-order valence-electron chi connectivity index (χ4n) is 2.39. The van der Waals surface area contributed by atoms with Crippen LogP contribution in [0.2, 0.25) is 0 Å². The van der Waals surface area contributed by atoms with Crippen LogP contribution in [0.5, 0.6) is 11.5 Å². The highest BCUT2D eigenvalue weighted by molar-refractivity contribution is 7.19. The van der Waals surface area contributed by atoms with Crippen molar-refractivity contribution >= 4 is 27.9 Å². The molecule has 0 saturated heterocycles. The van der Waals surface area contributed by atoms with Gasteiger partial charge in [0.15, 0.2) is 6.61 Å². The summed E-state index contributed by atoms with van der Waals surface area (Å²) in [5, 5.41) is 15.8. The molecule has 0 aliphatic heterocycles. The molecule has 136 valence electrons. The first-order valence-corrected chi connectivity index (χ1v) is 8.87. The zero-order valence-electron chi connectivity index (χ0n) is 14.3. The highest BCUT2D eigenvalue weighted by Crippen LogP contribution is 2.25. The molecular formula is C18H15N5O3S. The number of fused-ring (bicyclic) bond motifs is 1. The van der Waals surface area contributed by atoms with Gasteiger partial charge in [-0.15, -0.1) is 10.2 Å². The van der Waals surface area contributed by atoms with Crippen LogP contribution in [0.25, 0.3) is 15.5 Å². The fraction of sp³-hybridized carbons (Fsp3) is 0.111. The quantitative estimate of drug-likeness (QED) is 0.552. The zero-order chi connectivity index (χ0) is 18.6. The second kappa shape index (κ2) is 7.42. The summed E-state index contributed by atoms with van der Waals surface area (Å²) < 4.78 is 12.2. The van der Waals surface area contributed by atoms with Crippen molar-refractivity contribution in [2.24, 2.45) is 0 Å². The topological polar surface area (TPSA) is 90.6 Å². The van der Waals surface area contributed by atoms with Crippen LogP contribution in [0.3, 0.4) is 0 Å². The monoisotopic (exact) mass is 381 g/mol. The second-order valence-corrected chi connectivity index (χ2v) is 6.51. The number of benzene rings is 2. The van der Waals surface area contributed by atoms with Crippen LogP contribution in [-0.4, -0.2) is 39.4 Å². The maximum Gasteiger partial charge on any atom is 0.262 e. The molecule has 8 nitrogen and oxygen atoms in total. The van der Waals surface area contributed by atoms with Gasteiger partial charge in [0.05, 0.1) is 7.11 Å². The van der Waals surface area contributed by atoms with Gasteiger partial charge >= 0.3 is 0 Å². The second-order valence-electron chi connectivity index (χ2n) is 5.56. The van der Waals surface area contributed by atoms with Crippen molar-refractivity contribution in [1.82, 2.24) is 19.8 Å². The van der Waals surface area contributed by atoms with Gasteiger partial charge < -0.3 is 14.8 Å². The summed E-state index contributed by atoms with van der Waals surface area (Å²) >= 11 is 1.45. The number of hydrogen-bond donors (Lipinski definition) is 1. The standard InChI is InChI=1S/C18H15N5O3S/c1-25-14-6-8-15(9-7-14)26-10-16(24)20-13-4-2-12(3-5-13)17-22-23-11-19-21-18(23)27-17/h2-9,11H,10H2,1H3,(H,20,24). The van der Waals surface area contributed by atoms with Gasteiger partial charge in [-0.1, -0.05) is 11.3 Å². The molecule has 9 heteroatoms. The number of nitrogens with zero attached hydrogens (tertiary/aromatic N) is 4. The van der Waals surface area contributed by atoms with Gasteiger partial charge in [-0.25, -0.2) is 0 Å². The lowest BCUT2D eigenvalue weighted by Crippen LogP contribution is -2.20. The van der Waals surface area contributed by atoms with Gasteiger partial charge in [0.2, 0.25) is 4.96 Å². The number of amides is 1. The van der Waals surface area contributed by atoms with Crippen molar-refractivity contribution in [3.63, 3.8) is 0 Å². The average molecular weight is 381 g/mol. The number of aromatic nitrogens is 4. The van der Waals surface area contributed by atoms with E-state index in [0.29, 0.717) is 11.4 Å². The molecule has 0 spiro atoms. The van der Waals surface area contributed by atoms with E-state index in [1.807, 2.05) is 24.3 Å². The number of ether oxygens (including phenoxy) is 2. The minimum absolute atomic E-state index is 0.0786. The van der Waals surface area contributed by atoms with Gasteiger partial charge in [-0.2, -0.15) is 9.61 Å². The van der Waals surface area contributed by atoms with Gasteiger partial charge in [0, 0.05) is 11.3 Å². The van der Waals surface area contributed by atoms with Crippen LogP contribution in [0, 0.1) is 0 Å². The van der Waals surface area contributed by atoms with Crippen molar-refractivity contribution in [1.29, 1.82) is 0 Å². The summed E-state index contributed by atoms with van der Waals surface area (Å²) in [6, 6.07) is 14.5. The summed E-state index contributed by atoms with van der Waals surface area (Å²) in [4.78, 5) is 12.8. The molecule has 0 bridgehead atoms. The van der Waals surface area contributed by atoms with Crippen molar-refractivity contribution in [3.05, 3.63) is 54.9 Å². The maximum absolute atomic E-state index is 12.1. The minimum Gasteiger partial charge on any atom is -0.497 e. The van der Waals surface area contributed by atoms with Crippen molar-refractivity contribution in [2.45, 2.75) is 0 Å². The predicted molar refractivity (Wildman–Crippen MR) is 101 cm³/mol. The van der Waals surface area contributed by atoms with Crippen LogP contribution >= 0.6 is 11.3 Å². The predicted octanol–water partition coefficient (Wildman–Crippen LogP) is 2.88. The normalized spacial score (nSPS) is 10.7. The first kappa shape index (κ1) is 17.0. The molecule has 0 aliphatic carbocycles. The number of anilines is 1. The van der Waals surface area contributed by atoms with E-state index in [4.69, 9.17) is 9.47 Å². The molecule has 1 amide bonds. The Morgan fingerprint density at radius 2 is 1.85 bits per heavy atom. The molecule has 0 radical (unpaired) electrons. The highest BCUT2D eigenvalue weighted by atomic mass is 32.1. The Bertz CT molecular complexity index is 1030. The third kappa shape index (κ3) is 3.87. The van der Waals surface area contributed by atoms with Crippen LogP contribution in [0.4, 0.5) is 5.69 Å². The largest absolute Gasteiger partial charge is 0.497 e. The lowest BCUT2D eigenvalue weighted by molar-refractivity contribution is -0.118.